The molecule has 5 heteroatoms. The highest BCUT2D eigenvalue weighted by atomic mass is 35.5. The first kappa shape index (κ1) is 14.6. The molecule has 1 N–H and O–H groups in total. The summed E-state index contributed by atoms with van der Waals surface area (Å²) in [7, 11) is 0. The minimum absolute atomic E-state index is 0.0758. The lowest BCUT2D eigenvalue weighted by Crippen LogP contribution is -2.04. The van der Waals surface area contributed by atoms with Gasteiger partial charge in [-0.25, -0.2) is 4.39 Å². The van der Waals surface area contributed by atoms with Gasteiger partial charge in [-0.1, -0.05) is 59.1 Å². The van der Waals surface area contributed by atoms with Crippen LogP contribution in [-0.2, 0) is 6.42 Å². The first-order valence-corrected chi connectivity index (χ1v) is 6.69. The van der Waals surface area contributed by atoms with Crippen molar-refractivity contribution in [2.75, 3.05) is 0 Å². The zero-order valence-electron chi connectivity index (χ0n) is 9.71. The van der Waals surface area contributed by atoms with E-state index in [-0.39, 0.29) is 11.4 Å². The molecule has 0 aliphatic carbocycles. The van der Waals surface area contributed by atoms with Crippen LogP contribution in [0.25, 0.3) is 0 Å². The molecule has 0 aliphatic rings. The van der Waals surface area contributed by atoms with E-state index in [0.717, 1.165) is 0 Å². The van der Waals surface area contributed by atoms with Crippen molar-refractivity contribution in [2.45, 2.75) is 12.5 Å². The quantitative estimate of drug-likeness (QED) is 0.838. The minimum Gasteiger partial charge on any atom is -0.388 e. The molecule has 19 heavy (non-hydrogen) atoms. The molecular weight excluding hydrogens is 310 g/mol. The Morgan fingerprint density at radius 2 is 1.68 bits per heavy atom. The van der Waals surface area contributed by atoms with Crippen LogP contribution < -0.4 is 0 Å². The number of hydrogen-bond donors (Lipinski definition) is 1. The van der Waals surface area contributed by atoms with Crippen LogP contribution in [0.3, 0.4) is 0 Å². The number of aliphatic hydroxyl groups is 1. The fourth-order valence-corrected chi connectivity index (χ4v) is 2.45. The Bertz CT molecular complexity index is 601. The zero-order chi connectivity index (χ0) is 14.0. The summed E-state index contributed by atoms with van der Waals surface area (Å²) < 4.78 is 13.3. The van der Waals surface area contributed by atoms with Crippen LogP contribution in [0, 0.1) is 5.82 Å². The maximum Gasteiger partial charge on any atom is 0.142 e. The van der Waals surface area contributed by atoms with E-state index in [0.29, 0.717) is 21.2 Å². The van der Waals surface area contributed by atoms with Gasteiger partial charge in [-0.05, 0) is 17.7 Å². The Hall–Kier alpha value is -0.800. The monoisotopic (exact) mass is 318 g/mol. The highest BCUT2D eigenvalue weighted by molar-refractivity contribution is 6.42. The Labute approximate surface area is 125 Å². The van der Waals surface area contributed by atoms with Crippen LogP contribution in [0.15, 0.2) is 36.4 Å². The first-order valence-electron chi connectivity index (χ1n) is 5.55. The smallest absolute Gasteiger partial charge is 0.142 e. The third-order valence-corrected chi connectivity index (χ3v) is 4.04. The molecule has 0 radical (unpaired) electrons. The average Bonchev–Trinajstić information content (AvgIpc) is 2.38. The lowest BCUT2D eigenvalue weighted by atomic mass is 10.0. The Morgan fingerprint density at radius 1 is 1.00 bits per heavy atom. The molecule has 0 amide bonds. The summed E-state index contributed by atoms with van der Waals surface area (Å²) in [5.41, 5.74) is 1.01. The highest BCUT2D eigenvalue weighted by Crippen LogP contribution is 2.32. The van der Waals surface area contributed by atoms with E-state index in [4.69, 9.17) is 34.8 Å². The highest BCUT2D eigenvalue weighted by Gasteiger charge is 2.16. The van der Waals surface area contributed by atoms with Gasteiger partial charge in [0.25, 0.3) is 0 Å². The predicted molar refractivity (Wildman–Crippen MR) is 76.5 cm³/mol. The number of hydrogen-bond acceptors (Lipinski definition) is 1. The van der Waals surface area contributed by atoms with Gasteiger partial charge < -0.3 is 5.11 Å². The van der Waals surface area contributed by atoms with E-state index in [1.807, 2.05) is 0 Å². The molecule has 100 valence electrons. The molecule has 1 nitrogen and oxygen atoms in total. The molecule has 0 aliphatic heterocycles. The van der Waals surface area contributed by atoms with Gasteiger partial charge in [-0.3, -0.25) is 0 Å². The Morgan fingerprint density at radius 3 is 2.42 bits per heavy atom. The number of benzene rings is 2. The number of halogens is 4. The van der Waals surface area contributed by atoms with Gasteiger partial charge in [0, 0.05) is 12.0 Å². The second kappa shape index (κ2) is 6.10. The SMILES string of the molecule is OC(Cc1cccc(Cl)c1Cl)c1cccc(F)c1Cl. The van der Waals surface area contributed by atoms with Crippen molar-refractivity contribution in [3.8, 4) is 0 Å². The lowest BCUT2D eigenvalue weighted by molar-refractivity contribution is 0.178. The van der Waals surface area contributed by atoms with Gasteiger partial charge in [0.2, 0.25) is 0 Å². The molecular formula is C14H10Cl3FO. The molecule has 0 saturated heterocycles. The zero-order valence-corrected chi connectivity index (χ0v) is 12.0. The van der Waals surface area contributed by atoms with Crippen molar-refractivity contribution in [1.29, 1.82) is 0 Å². The van der Waals surface area contributed by atoms with Crippen LogP contribution in [0.5, 0.6) is 0 Å². The second-order valence-electron chi connectivity index (χ2n) is 4.08. The Balaban J connectivity index is 2.28. The van der Waals surface area contributed by atoms with E-state index >= 15 is 0 Å². The fourth-order valence-electron chi connectivity index (χ4n) is 1.80. The van der Waals surface area contributed by atoms with E-state index in [1.54, 1.807) is 24.3 Å². The molecule has 1 atom stereocenters. The summed E-state index contributed by atoms with van der Waals surface area (Å²) in [6, 6.07) is 9.47. The van der Waals surface area contributed by atoms with E-state index in [2.05, 4.69) is 0 Å². The molecule has 0 bridgehead atoms. The maximum absolute atomic E-state index is 13.3. The molecule has 0 fully saturated rings. The van der Waals surface area contributed by atoms with Crippen LogP contribution in [0.4, 0.5) is 4.39 Å². The normalized spacial score (nSPS) is 12.5. The van der Waals surface area contributed by atoms with Crippen molar-refractivity contribution < 1.29 is 9.50 Å². The third kappa shape index (κ3) is 3.21. The summed E-state index contributed by atoms with van der Waals surface area (Å²) in [6.07, 6.45) is -0.734. The molecule has 0 saturated carbocycles. The fraction of sp³-hybridized carbons (Fsp3) is 0.143. The van der Waals surface area contributed by atoms with Crippen LogP contribution >= 0.6 is 34.8 Å². The summed E-state index contributed by atoms with van der Waals surface area (Å²) in [4.78, 5) is 0. The van der Waals surface area contributed by atoms with Gasteiger partial charge in [0.15, 0.2) is 0 Å². The van der Waals surface area contributed by atoms with Gasteiger partial charge in [-0.15, -0.1) is 0 Å². The molecule has 0 spiro atoms. The van der Waals surface area contributed by atoms with Crippen LogP contribution in [0.1, 0.15) is 17.2 Å². The summed E-state index contributed by atoms with van der Waals surface area (Å²) in [6.45, 7) is 0. The van der Waals surface area contributed by atoms with E-state index in [9.17, 15) is 9.50 Å². The summed E-state index contributed by atoms with van der Waals surface area (Å²) >= 11 is 17.8. The van der Waals surface area contributed by atoms with Crippen LogP contribution in [-0.4, -0.2) is 5.11 Å². The standard InChI is InChI=1S/C14H10Cl3FO/c15-10-5-1-3-8(13(10)16)7-12(19)9-4-2-6-11(18)14(9)17/h1-6,12,19H,7H2. The molecule has 2 aromatic rings. The van der Waals surface area contributed by atoms with E-state index in [1.165, 1.54) is 12.1 Å². The van der Waals surface area contributed by atoms with Gasteiger partial charge in [0.05, 0.1) is 21.2 Å². The molecule has 1 unspecified atom stereocenters. The number of aliphatic hydroxyl groups excluding tert-OH is 1. The van der Waals surface area contributed by atoms with Crippen molar-refractivity contribution in [2.24, 2.45) is 0 Å². The van der Waals surface area contributed by atoms with Crippen molar-refractivity contribution in [3.63, 3.8) is 0 Å². The topological polar surface area (TPSA) is 20.2 Å². The van der Waals surface area contributed by atoms with Gasteiger partial charge in [-0.2, -0.15) is 0 Å². The maximum atomic E-state index is 13.3. The van der Waals surface area contributed by atoms with Crippen molar-refractivity contribution in [1.82, 2.24) is 0 Å². The lowest BCUT2D eigenvalue weighted by Gasteiger charge is -2.14. The molecule has 2 aromatic carbocycles. The summed E-state index contributed by atoms with van der Waals surface area (Å²) in [5, 5.41) is 10.9. The third-order valence-electron chi connectivity index (χ3n) is 2.79. The first-order chi connectivity index (χ1) is 9.00. The predicted octanol–water partition coefficient (Wildman–Crippen LogP) is 5.06. The largest absolute Gasteiger partial charge is 0.388 e. The van der Waals surface area contributed by atoms with Crippen molar-refractivity contribution in [3.05, 3.63) is 68.4 Å². The average molecular weight is 320 g/mol. The summed E-state index contributed by atoms with van der Waals surface area (Å²) in [5.74, 6) is -0.560. The van der Waals surface area contributed by atoms with Gasteiger partial charge in [0.1, 0.15) is 5.82 Å². The Kier molecular flexibility index (Phi) is 4.69. The van der Waals surface area contributed by atoms with Crippen LogP contribution in [0.2, 0.25) is 15.1 Å². The molecule has 0 heterocycles. The minimum atomic E-state index is -0.945. The van der Waals surface area contributed by atoms with Gasteiger partial charge >= 0.3 is 0 Å². The molecule has 2 rings (SSSR count). The molecule has 0 aromatic heterocycles. The van der Waals surface area contributed by atoms with Crippen molar-refractivity contribution >= 4 is 34.8 Å². The second-order valence-corrected chi connectivity index (χ2v) is 5.24. The van der Waals surface area contributed by atoms with E-state index < -0.39 is 11.9 Å². The number of rotatable bonds is 3.